The molecule has 0 aliphatic heterocycles. The number of rotatable bonds is 6. The molecule has 0 fully saturated rings. The van der Waals surface area contributed by atoms with E-state index in [1.165, 1.54) is 13.2 Å². The summed E-state index contributed by atoms with van der Waals surface area (Å²) in [5.41, 5.74) is 3.92. The molecular formula is C21H21NO5. The fourth-order valence-electron chi connectivity index (χ4n) is 3.05. The average Bonchev–Trinajstić information content (AvgIpc) is 3.03. The number of ether oxygens (including phenoxy) is 1. The van der Waals surface area contributed by atoms with Gasteiger partial charge in [-0.1, -0.05) is 6.07 Å². The van der Waals surface area contributed by atoms with Crippen LogP contribution in [0.15, 0.2) is 34.9 Å². The number of aromatic nitrogens is 1. The maximum Gasteiger partial charge on any atom is 0.310 e. The zero-order valence-electron chi connectivity index (χ0n) is 15.7. The standard InChI is InChI=1S/C21H21NO5/c1-11-5-6-15(13(3)22-11)9-26-18-8-7-16-17(12(2)21(24)25)10-27-20(16)19(18)14(4)23/h5-8,10,12H,9H2,1-4H3,(H,24,25). The first-order chi connectivity index (χ1) is 12.8. The summed E-state index contributed by atoms with van der Waals surface area (Å²) in [7, 11) is 0. The molecular weight excluding hydrogens is 346 g/mol. The van der Waals surface area contributed by atoms with E-state index in [-0.39, 0.29) is 12.4 Å². The predicted molar refractivity (Wildman–Crippen MR) is 100 cm³/mol. The van der Waals surface area contributed by atoms with Gasteiger partial charge in [-0.3, -0.25) is 14.6 Å². The van der Waals surface area contributed by atoms with Crippen molar-refractivity contribution in [3.05, 3.63) is 58.6 Å². The Kier molecular flexibility index (Phi) is 4.99. The van der Waals surface area contributed by atoms with E-state index >= 15 is 0 Å². The number of furan rings is 1. The zero-order chi connectivity index (χ0) is 19.7. The van der Waals surface area contributed by atoms with Gasteiger partial charge in [0.1, 0.15) is 23.5 Å². The number of carboxylic acid groups (broad SMARTS) is 1. The van der Waals surface area contributed by atoms with Crippen LogP contribution in [0.2, 0.25) is 0 Å². The molecule has 0 spiro atoms. The highest BCUT2D eigenvalue weighted by molar-refractivity contribution is 6.08. The second kappa shape index (κ2) is 7.23. The van der Waals surface area contributed by atoms with Gasteiger partial charge in [0.2, 0.25) is 0 Å². The Labute approximate surface area is 156 Å². The van der Waals surface area contributed by atoms with Crippen molar-refractivity contribution in [2.45, 2.75) is 40.2 Å². The summed E-state index contributed by atoms with van der Waals surface area (Å²) < 4.78 is 11.5. The highest BCUT2D eigenvalue weighted by atomic mass is 16.5. The summed E-state index contributed by atoms with van der Waals surface area (Å²) >= 11 is 0. The van der Waals surface area contributed by atoms with Gasteiger partial charge in [0, 0.05) is 27.9 Å². The smallest absolute Gasteiger partial charge is 0.310 e. The fraction of sp³-hybridized carbons (Fsp3) is 0.286. The summed E-state index contributed by atoms with van der Waals surface area (Å²) in [6.07, 6.45) is 1.40. The van der Waals surface area contributed by atoms with Gasteiger partial charge in [0.15, 0.2) is 5.78 Å². The summed E-state index contributed by atoms with van der Waals surface area (Å²) in [6, 6.07) is 7.27. The number of carbonyl (C=O) groups is 2. The van der Waals surface area contributed by atoms with Crippen molar-refractivity contribution in [2.24, 2.45) is 0 Å². The van der Waals surface area contributed by atoms with E-state index < -0.39 is 11.9 Å². The van der Waals surface area contributed by atoms with Crippen LogP contribution in [0.1, 0.15) is 52.6 Å². The van der Waals surface area contributed by atoms with Crippen LogP contribution in [0.4, 0.5) is 0 Å². The largest absolute Gasteiger partial charge is 0.488 e. The molecule has 1 aromatic carbocycles. The molecule has 27 heavy (non-hydrogen) atoms. The van der Waals surface area contributed by atoms with Gasteiger partial charge in [-0.25, -0.2) is 0 Å². The molecule has 0 aliphatic rings. The van der Waals surface area contributed by atoms with Crippen molar-refractivity contribution in [3.8, 4) is 5.75 Å². The van der Waals surface area contributed by atoms with Crippen LogP contribution >= 0.6 is 0 Å². The molecule has 3 rings (SSSR count). The number of benzene rings is 1. The lowest BCUT2D eigenvalue weighted by Gasteiger charge is -2.12. The van der Waals surface area contributed by atoms with Crippen LogP contribution in [0, 0.1) is 13.8 Å². The lowest BCUT2D eigenvalue weighted by atomic mass is 9.98. The van der Waals surface area contributed by atoms with Crippen molar-refractivity contribution in [3.63, 3.8) is 0 Å². The predicted octanol–water partition coefficient (Wildman–Crippen LogP) is 4.41. The number of pyridine rings is 1. The van der Waals surface area contributed by atoms with Gasteiger partial charge in [0.25, 0.3) is 0 Å². The Morgan fingerprint density at radius 1 is 1.22 bits per heavy atom. The van der Waals surface area contributed by atoms with Gasteiger partial charge in [-0.05, 0) is 45.9 Å². The van der Waals surface area contributed by atoms with E-state index in [2.05, 4.69) is 4.98 Å². The third-order valence-electron chi connectivity index (χ3n) is 4.64. The molecule has 2 heterocycles. The quantitative estimate of drug-likeness (QED) is 0.649. The number of hydrogen-bond donors (Lipinski definition) is 1. The van der Waals surface area contributed by atoms with Crippen LogP contribution in [0.3, 0.4) is 0 Å². The molecule has 0 aliphatic carbocycles. The van der Waals surface area contributed by atoms with E-state index in [0.29, 0.717) is 27.8 Å². The number of nitrogens with zero attached hydrogens (tertiary/aromatic N) is 1. The first-order valence-corrected chi connectivity index (χ1v) is 8.63. The van der Waals surface area contributed by atoms with Gasteiger partial charge < -0.3 is 14.3 Å². The van der Waals surface area contributed by atoms with Gasteiger partial charge in [-0.15, -0.1) is 0 Å². The molecule has 0 bridgehead atoms. The number of hydrogen-bond acceptors (Lipinski definition) is 5. The molecule has 0 saturated heterocycles. The van der Waals surface area contributed by atoms with E-state index in [1.54, 1.807) is 19.1 Å². The zero-order valence-corrected chi connectivity index (χ0v) is 15.7. The minimum Gasteiger partial charge on any atom is -0.488 e. The van der Waals surface area contributed by atoms with Crippen molar-refractivity contribution < 1.29 is 23.8 Å². The molecule has 0 amide bonds. The molecule has 1 unspecified atom stereocenters. The lowest BCUT2D eigenvalue weighted by molar-refractivity contribution is -0.138. The van der Waals surface area contributed by atoms with E-state index in [9.17, 15) is 14.7 Å². The lowest BCUT2D eigenvalue weighted by Crippen LogP contribution is -2.07. The third kappa shape index (κ3) is 3.56. The molecule has 1 atom stereocenters. The molecule has 0 saturated carbocycles. The summed E-state index contributed by atoms with van der Waals surface area (Å²) in [6.45, 7) is 7.11. The number of aryl methyl sites for hydroxylation is 2. The van der Waals surface area contributed by atoms with Gasteiger partial charge in [-0.2, -0.15) is 0 Å². The highest BCUT2D eigenvalue weighted by Gasteiger charge is 2.23. The number of aliphatic carboxylic acids is 1. The Bertz CT molecular complexity index is 1030. The summed E-state index contributed by atoms with van der Waals surface area (Å²) in [5, 5.41) is 9.87. The minimum absolute atomic E-state index is 0.210. The first-order valence-electron chi connectivity index (χ1n) is 8.63. The van der Waals surface area contributed by atoms with Crippen molar-refractivity contribution in [2.75, 3.05) is 0 Å². The van der Waals surface area contributed by atoms with Crippen LogP contribution in [-0.4, -0.2) is 21.8 Å². The number of carboxylic acids is 1. The average molecular weight is 367 g/mol. The summed E-state index contributed by atoms with van der Waals surface area (Å²) in [4.78, 5) is 28.0. The molecule has 6 nitrogen and oxygen atoms in total. The monoisotopic (exact) mass is 367 g/mol. The van der Waals surface area contributed by atoms with Crippen molar-refractivity contribution in [1.82, 2.24) is 4.98 Å². The first kappa shape index (κ1) is 18.6. The van der Waals surface area contributed by atoms with Gasteiger partial charge >= 0.3 is 5.97 Å². The second-order valence-electron chi connectivity index (χ2n) is 6.61. The second-order valence-corrected chi connectivity index (χ2v) is 6.61. The van der Waals surface area contributed by atoms with E-state index in [1.807, 2.05) is 26.0 Å². The maximum atomic E-state index is 12.2. The molecule has 1 N–H and O–H groups in total. The van der Waals surface area contributed by atoms with E-state index in [0.717, 1.165) is 17.0 Å². The SMILES string of the molecule is CC(=O)c1c(OCc2ccc(C)nc2C)ccc2c(C(C)C(=O)O)coc12. The van der Waals surface area contributed by atoms with Gasteiger partial charge in [0.05, 0.1) is 12.2 Å². The Hall–Kier alpha value is -3.15. The van der Waals surface area contributed by atoms with E-state index in [4.69, 9.17) is 9.15 Å². The Morgan fingerprint density at radius 3 is 2.59 bits per heavy atom. The van der Waals surface area contributed by atoms with Crippen molar-refractivity contribution >= 4 is 22.7 Å². The minimum atomic E-state index is -0.954. The highest BCUT2D eigenvalue weighted by Crippen LogP contribution is 2.35. The molecule has 2 aromatic heterocycles. The van der Waals surface area contributed by atoms with Crippen LogP contribution in [0.5, 0.6) is 5.75 Å². The Morgan fingerprint density at radius 2 is 1.96 bits per heavy atom. The number of Topliss-reactive ketones (excluding diaryl/α,β-unsaturated/α-hetero) is 1. The molecule has 3 aromatic rings. The normalized spacial score (nSPS) is 12.1. The number of carbonyl (C=O) groups excluding carboxylic acids is 1. The molecule has 6 heteroatoms. The number of fused-ring (bicyclic) bond motifs is 1. The topological polar surface area (TPSA) is 89.6 Å². The third-order valence-corrected chi connectivity index (χ3v) is 4.64. The van der Waals surface area contributed by atoms with Crippen LogP contribution < -0.4 is 4.74 Å². The maximum absolute atomic E-state index is 12.2. The number of ketones is 1. The molecule has 140 valence electrons. The Balaban J connectivity index is 1.99. The van der Waals surface area contributed by atoms with Crippen LogP contribution in [-0.2, 0) is 11.4 Å². The summed E-state index contributed by atoms with van der Waals surface area (Å²) in [5.74, 6) is -1.50. The van der Waals surface area contributed by atoms with Crippen molar-refractivity contribution in [1.29, 1.82) is 0 Å². The van der Waals surface area contributed by atoms with Crippen LogP contribution in [0.25, 0.3) is 11.0 Å². The fourth-order valence-corrected chi connectivity index (χ4v) is 3.05. The molecule has 0 radical (unpaired) electrons.